The standard InChI is InChI=1S/C14H17F2NO2/c15-14(16)11-6-10(5-9-1-2-17-8-9)13-12(7-11)18-3-4-19-13/h6-7,9,14,17H,1-5,8H2. The summed E-state index contributed by atoms with van der Waals surface area (Å²) in [6.45, 7) is 2.84. The zero-order valence-corrected chi connectivity index (χ0v) is 10.6. The van der Waals surface area contributed by atoms with Gasteiger partial charge < -0.3 is 14.8 Å². The normalized spacial score (nSPS) is 21.9. The second kappa shape index (κ2) is 5.33. The van der Waals surface area contributed by atoms with Gasteiger partial charge in [-0.1, -0.05) is 0 Å². The van der Waals surface area contributed by atoms with Crippen LogP contribution in [0.25, 0.3) is 0 Å². The summed E-state index contributed by atoms with van der Waals surface area (Å²) >= 11 is 0. The van der Waals surface area contributed by atoms with Gasteiger partial charge in [0.25, 0.3) is 6.43 Å². The Labute approximate surface area is 110 Å². The molecule has 5 heteroatoms. The van der Waals surface area contributed by atoms with Gasteiger partial charge >= 0.3 is 0 Å². The molecule has 0 bridgehead atoms. The quantitative estimate of drug-likeness (QED) is 0.914. The topological polar surface area (TPSA) is 30.5 Å². The predicted octanol–water partition coefficient (Wildman–Crippen LogP) is 2.55. The molecule has 0 aromatic heterocycles. The lowest BCUT2D eigenvalue weighted by atomic mass is 9.96. The highest BCUT2D eigenvalue weighted by Gasteiger charge is 2.24. The average Bonchev–Trinajstić information content (AvgIpc) is 2.91. The van der Waals surface area contributed by atoms with E-state index in [0.717, 1.165) is 31.5 Å². The minimum Gasteiger partial charge on any atom is -0.486 e. The largest absolute Gasteiger partial charge is 0.486 e. The molecule has 1 saturated heterocycles. The summed E-state index contributed by atoms with van der Waals surface area (Å²) in [5, 5.41) is 3.29. The molecule has 0 amide bonds. The predicted molar refractivity (Wildman–Crippen MR) is 67.1 cm³/mol. The van der Waals surface area contributed by atoms with Crippen LogP contribution in [0.1, 0.15) is 24.0 Å². The molecule has 1 atom stereocenters. The molecule has 2 aliphatic heterocycles. The number of hydrogen-bond acceptors (Lipinski definition) is 3. The Balaban J connectivity index is 1.92. The fraction of sp³-hybridized carbons (Fsp3) is 0.571. The van der Waals surface area contributed by atoms with Crippen molar-refractivity contribution in [1.82, 2.24) is 5.32 Å². The molecule has 1 N–H and O–H groups in total. The highest BCUT2D eigenvalue weighted by atomic mass is 19.3. The second-order valence-electron chi connectivity index (χ2n) is 5.07. The summed E-state index contributed by atoms with van der Waals surface area (Å²) in [4.78, 5) is 0. The molecule has 3 nitrogen and oxygen atoms in total. The monoisotopic (exact) mass is 269 g/mol. The number of hydrogen-bond donors (Lipinski definition) is 1. The van der Waals surface area contributed by atoms with E-state index in [4.69, 9.17) is 9.47 Å². The van der Waals surface area contributed by atoms with E-state index in [1.54, 1.807) is 6.07 Å². The maximum absolute atomic E-state index is 12.9. The molecule has 19 heavy (non-hydrogen) atoms. The van der Waals surface area contributed by atoms with Crippen molar-refractivity contribution in [2.75, 3.05) is 26.3 Å². The molecular formula is C14H17F2NO2. The fourth-order valence-electron chi connectivity index (χ4n) is 2.73. The second-order valence-corrected chi connectivity index (χ2v) is 5.07. The van der Waals surface area contributed by atoms with Gasteiger partial charge in [-0.05, 0) is 49.5 Å². The van der Waals surface area contributed by atoms with Crippen LogP contribution in [-0.2, 0) is 6.42 Å². The lowest BCUT2D eigenvalue weighted by Gasteiger charge is -2.23. The summed E-state index contributed by atoms with van der Waals surface area (Å²) in [6.07, 6.45) is -0.635. The van der Waals surface area contributed by atoms with Crippen LogP contribution in [0.15, 0.2) is 12.1 Å². The number of benzene rings is 1. The van der Waals surface area contributed by atoms with Crippen LogP contribution in [-0.4, -0.2) is 26.3 Å². The van der Waals surface area contributed by atoms with E-state index in [2.05, 4.69) is 5.32 Å². The van der Waals surface area contributed by atoms with Crippen LogP contribution in [0, 0.1) is 5.92 Å². The van der Waals surface area contributed by atoms with Crippen LogP contribution >= 0.6 is 0 Å². The van der Waals surface area contributed by atoms with E-state index in [1.807, 2.05) is 0 Å². The van der Waals surface area contributed by atoms with Crippen molar-refractivity contribution in [3.8, 4) is 11.5 Å². The van der Waals surface area contributed by atoms with Crippen LogP contribution < -0.4 is 14.8 Å². The Hall–Kier alpha value is -1.36. The van der Waals surface area contributed by atoms with Crippen molar-refractivity contribution in [3.63, 3.8) is 0 Å². The van der Waals surface area contributed by atoms with Crippen LogP contribution in [0.5, 0.6) is 11.5 Å². The summed E-state index contributed by atoms with van der Waals surface area (Å²) in [5.41, 5.74) is 0.867. The Morgan fingerprint density at radius 2 is 2.11 bits per heavy atom. The van der Waals surface area contributed by atoms with Crippen molar-refractivity contribution >= 4 is 0 Å². The third kappa shape index (κ3) is 2.66. The van der Waals surface area contributed by atoms with Gasteiger partial charge in [-0.25, -0.2) is 8.78 Å². The molecule has 0 saturated carbocycles. The molecule has 0 aliphatic carbocycles. The number of halogens is 2. The third-order valence-electron chi connectivity index (χ3n) is 3.66. The minimum atomic E-state index is -2.48. The van der Waals surface area contributed by atoms with Gasteiger partial charge in [0.2, 0.25) is 0 Å². The van der Waals surface area contributed by atoms with E-state index in [1.165, 1.54) is 6.07 Å². The number of nitrogens with one attached hydrogen (secondary N) is 1. The van der Waals surface area contributed by atoms with Crippen LogP contribution in [0.3, 0.4) is 0 Å². The molecule has 1 fully saturated rings. The van der Waals surface area contributed by atoms with Crippen LogP contribution in [0.4, 0.5) is 8.78 Å². The highest BCUT2D eigenvalue weighted by Crippen LogP contribution is 2.39. The Bertz CT molecular complexity index is 459. The van der Waals surface area contributed by atoms with Gasteiger partial charge in [0, 0.05) is 5.56 Å². The van der Waals surface area contributed by atoms with Crippen molar-refractivity contribution in [1.29, 1.82) is 0 Å². The van der Waals surface area contributed by atoms with Crippen molar-refractivity contribution in [3.05, 3.63) is 23.3 Å². The van der Waals surface area contributed by atoms with Crippen molar-refractivity contribution in [2.24, 2.45) is 5.92 Å². The molecule has 1 aromatic carbocycles. The molecule has 2 aliphatic rings. The molecule has 2 heterocycles. The lowest BCUT2D eigenvalue weighted by molar-refractivity contribution is 0.146. The summed E-state index contributed by atoms with van der Waals surface area (Å²) in [5.74, 6) is 1.61. The Morgan fingerprint density at radius 1 is 1.26 bits per heavy atom. The van der Waals surface area contributed by atoms with E-state index in [-0.39, 0.29) is 5.56 Å². The number of fused-ring (bicyclic) bond motifs is 1. The first-order valence-corrected chi connectivity index (χ1v) is 6.65. The maximum atomic E-state index is 12.9. The summed E-state index contributed by atoms with van der Waals surface area (Å²) < 4.78 is 36.9. The average molecular weight is 269 g/mol. The molecule has 0 spiro atoms. The minimum absolute atomic E-state index is 0.0187. The van der Waals surface area contributed by atoms with Gasteiger partial charge in [0.1, 0.15) is 13.2 Å². The summed E-state index contributed by atoms with van der Waals surface area (Å²) in [6, 6.07) is 2.96. The molecule has 0 radical (unpaired) electrons. The van der Waals surface area contributed by atoms with Gasteiger partial charge in [0.05, 0.1) is 0 Å². The fourth-order valence-corrected chi connectivity index (χ4v) is 2.73. The van der Waals surface area contributed by atoms with E-state index in [0.29, 0.717) is 30.6 Å². The molecular weight excluding hydrogens is 252 g/mol. The van der Waals surface area contributed by atoms with Crippen LogP contribution in [0.2, 0.25) is 0 Å². The maximum Gasteiger partial charge on any atom is 0.263 e. The van der Waals surface area contributed by atoms with E-state index in [9.17, 15) is 8.78 Å². The smallest absolute Gasteiger partial charge is 0.263 e. The zero-order chi connectivity index (χ0) is 13.2. The van der Waals surface area contributed by atoms with Gasteiger partial charge in [-0.2, -0.15) is 0 Å². The molecule has 3 rings (SSSR count). The third-order valence-corrected chi connectivity index (χ3v) is 3.66. The number of rotatable bonds is 3. The first-order chi connectivity index (χ1) is 9.24. The zero-order valence-electron chi connectivity index (χ0n) is 10.6. The Kier molecular flexibility index (Phi) is 3.55. The van der Waals surface area contributed by atoms with E-state index >= 15 is 0 Å². The number of alkyl halides is 2. The first-order valence-electron chi connectivity index (χ1n) is 6.65. The molecule has 1 unspecified atom stereocenters. The van der Waals surface area contributed by atoms with Crippen molar-refractivity contribution < 1.29 is 18.3 Å². The summed E-state index contributed by atoms with van der Waals surface area (Å²) in [7, 11) is 0. The van der Waals surface area contributed by atoms with Gasteiger partial charge in [0.15, 0.2) is 11.5 Å². The van der Waals surface area contributed by atoms with E-state index < -0.39 is 6.43 Å². The first kappa shape index (κ1) is 12.7. The molecule has 104 valence electrons. The van der Waals surface area contributed by atoms with Gasteiger partial charge in [-0.15, -0.1) is 0 Å². The van der Waals surface area contributed by atoms with Gasteiger partial charge in [-0.3, -0.25) is 0 Å². The Morgan fingerprint density at radius 3 is 2.84 bits per heavy atom. The highest BCUT2D eigenvalue weighted by molar-refractivity contribution is 5.50. The van der Waals surface area contributed by atoms with Crippen molar-refractivity contribution in [2.45, 2.75) is 19.3 Å². The molecule has 1 aromatic rings. The SMILES string of the molecule is FC(F)c1cc(CC2CCNC2)c2c(c1)OCCO2. The number of ether oxygens (including phenoxy) is 2. The lowest BCUT2D eigenvalue weighted by Crippen LogP contribution is -2.18.